The van der Waals surface area contributed by atoms with Gasteiger partial charge in [0, 0.05) is 30.3 Å². The van der Waals surface area contributed by atoms with Gasteiger partial charge in [0.15, 0.2) is 17.5 Å². The Kier molecular flexibility index (Phi) is 5.80. The van der Waals surface area contributed by atoms with E-state index in [1.54, 1.807) is 12.1 Å². The van der Waals surface area contributed by atoms with Crippen molar-refractivity contribution in [2.45, 2.75) is 6.54 Å². The van der Waals surface area contributed by atoms with Gasteiger partial charge in [-0.2, -0.15) is 0 Å². The number of nitrogens with zero attached hydrogens (tertiary/aromatic N) is 1. The lowest BCUT2D eigenvalue weighted by molar-refractivity contribution is 0.0342. The highest BCUT2D eigenvalue weighted by atomic mass is 35.5. The fraction of sp³-hybridized carbons (Fsp3) is 0.278. The maximum atomic E-state index is 13.7. The van der Waals surface area contributed by atoms with E-state index in [1.807, 2.05) is 0 Å². The Bertz CT molecular complexity index is 826. The van der Waals surface area contributed by atoms with Crippen LogP contribution >= 0.6 is 11.6 Å². The van der Waals surface area contributed by atoms with E-state index in [1.165, 1.54) is 6.07 Å². The number of morpholine rings is 1. The van der Waals surface area contributed by atoms with Crippen LogP contribution < -0.4 is 5.32 Å². The summed E-state index contributed by atoms with van der Waals surface area (Å²) >= 11 is 6.26. The van der Waals surface area contributed by atoms with Crippen LogP contribution in [0.5, 0.6) is 0 Å². The van der Waals surface area contributed by atoms with Crippen LogP contribution in [0.25, 0.3) is 0 Å². The average molecular weight is 385 g/mol. The minimum atomic E-state index is -1.68. The number of hydrogen-bond acceptors (Lipinski definition) is 3. The maximum absolute atomic E-state index is 13.7. The van der Waals surface area contributed by atoms with E-state index in [0.717, 1.165) is 24.7 Å². The van der Waals surface area contributed by atoms with Gasteiger partial charge in [0.25, 0.3) is 5.91 Å². The van der Waals surface area contributed by atoms with Crippen molar-refractivity contribution in [1.29, 1.82) is 0 Å². The Morgan fingerprint density at radius 1 is 1.12 bits per heavy atom. The molecule has 2 aromatic carbocycles. The van der Waals surface area contributed by atoms with Crippen molar-refractivity contribution >= 4 is 23.2 Å². The first-order valence-electron chi connectivity index (χ1n) is 7.99. The highest BCUT2D eigenvalue weighted by molar-refractivity contribution is 6.31. The zero-order valence-corrected chi connectivity index (χ0v) is 14.5. The van der Waals surface area contributed by atoms with Crippen LogP contribution in [0.2, 0.25) is 5.02 Å². The first-order chi connectivity index (χ1) is 12.5. The third kappa shape index (κ3) is 4.17. The predicted molar refractivity (Wildman–Crippen MR) is 91.8 cm³/mol. The molecule has 0 radical (unpaired) electrons. The van der Waals surface area contributed by atoms with E-state index in [4.69, 9.17) is 16.3 Å². The van der Waals surface area contributed by atoms with Gasteiger partial charge in [-0.15, -0.1) is 0 Å². The molecule has 1 heterocycles. The molecule has 1 N–H and O–H groups in total. The number of anilines is 1. The fourth-order valence-corrected chi connectivity index (χ4v) is 2.89. The molecule has 1 fully saturated rings. The number of benzene rings is 2. The molecule has 0 aromatic heterocycles. The van der Waals surface area contributed by atoms with Crippen LogP contribution in [-0.2, 0) is 11.3 Å². The van der Waals surface area contributed by atoms with Gasteiger partial charge in [-0.05, 0) is 29.8 Å². The van der Waals surface area contributed by atoms with Gasteiger partial charge in [-0.3, -0.25) is 9.69 Å². The summed E-state index contributed by atoms with van der Waals surface area (Å²) in [6.45, 7) is 3.61. The minimum absolute atomic E-state index is 0.329. The lowest BCUT2D eigenvalue weighted by atomic mass is 10.1. The molecule has 4 nitrogen and oxygen atoms in total. The molecule has 0 saturated carbocycles. The summed E-state index contributed by atoms with van der Waals surface area (Å²) in [5.41, 5.74) is 0.623. The van der Waals surface area contributed by atoms with Gasteiger partial charge in [-0.1, -0.05) is 17.7 Å². The van der Waals surface area contributed by atoms with E-state index < -0.39 is 28.9 Å². The monoisotopic (exact) mass is 384 g/mol. The molecule has 1 aliphatic heterocycles. The number of carbonyl (C=O) groups is 1. The molecular weight excluding hydrogens is 369 g/mol. The summed E-state index contributed by atoms with van der Waals surface area (Å²) in [5.74, 6) is -5.46. The number of amides is 1. The van der Waals surface area contributed by atoms with Crippen LogP contribution in [0.3, 0.4) is 0 Å². The Hall–Kier alpha value is -2.09. The third-order valence-corrected chi connectivity index (χ3v) is 4.44. The Balaban J connectivity index is 1.71. The van der Waals surface area contributed by atoms with Crippen molar-refractivity contribution in [3.63, 3.8) is 0 Å². The van der Waals surface area contributed by atoms with Crippen molar-refractivity contribution in [3.8, 4) is 0 Å². The Labute approximate surface area is 153 Å². The molecule has 0 atom stereocenters. The number of halogens is 4. The number of rotatable bonds is 4. The quantitative estimate of drug-likeness (QED) is 0.814. The number of hydrogen-bond donors (Lipinski definition) is 1. The van der Waals surface area contributed by atoms with Gasteiger partial charge < -0.3 is 10.1 Å². The van der Waals surface area contributed by atoms with Crippen molar-refractivity contribution in [2.24, 2.45) is 0 Å². The van der Waals surface area contributed by atoms with Crippen molar-refractivity contribution in [2.75, 3.05) is 31.6 Å². The van der Waals surface area contributed by atoms with Gasteiger partial charge in [0.05, 0.1) is 18.8 Å². The van der Waals surface area contributed by atoms with Crippen LogP contribution in [0.1, 0.15) is 15.9 Å². The van der Waals surface area contributed by atoms with E-state index in [9.17, 15) is 18.0 Å². The normalized spacial score (nSPS) is 15.1. The molecule has 1 saturated heterocycles. The number of carbonyl (C=O) groups excluding carboxylic acids is 1. The molecule has 138 valence electrons. The molecular formula is C18H16ClF3N2O2. The van der Waals surface area contributed by atoms with Gasteiger partial charge in [0.2, 0.25) is 0 Å². The minimum Gasteiger partial charge on any atom is -0.379 e. The summed E-state index contributed by atoms with van der Waals surface area (Å²) in [6.07, 6.45) is 0. The smallest absolute Gasteiger partial charge is 0.258 e. The molecule has 0 unspecified atom stereocenters. The lowest BCUT2D eigenvalue weighted by Gasteiger charge is -2.27. The van der Waals surface area contributed by atoms with Crippen LogP contribution in [0, 0.1) is 17.5 Å². The third-order valence-electron chi connectivity index (χ3n) is 4.09. The standard InChI is InChI=1S/C18H16ClF3N2O2/c19-14-9-12(2-1-11(14)10-24-5-7-26-8-6-24)23-18(25)13-3-4-15(20)17(22)16(13)21/h1-4,9H,5-8,10H2,(H,23,25). The topological polar surface area (TPSA) is 41.6 Å². The molecule has 1 amide bonds. The molecule has 0 bridgehead atoms. The molecule has 3 rings (SSSR count). The van der Waals surface area contributed by atoms with Crippen molar-refractivity contribution in [3.05, 3.63) is 63.9 Å². The molecule has 0 aliphatic carbocycles. The fourth-order valence-electron chi connectivity index (χ4n) is 2.65. The highest BCUT2D eigenvalue weighted by Gasteiger charge is 2.19. The van der Waals surface area contributed by atoms with Gasteiger partial charge in [-0.25, -0.2) is 13.2 Å². The average Bonchev–Trinajstić information content (AvgIpc) is 2.63. The number of ether oxygens (including phenoxy) is 1. The highest BCUT2D eigenvalue weighted by Crippen LogP contribution is 2.24. The summed E-state index contributed by atoms with van der Waals surface area (Å²) in [6, 6.07) is 6.50. The Morgan fingerprint density at radius 3 is 2.54 bits per heavy atom. The van der Waals surface area contributed by atoms with E-state index in [-0.39, 0.29) is 0 Å². The molecule has 26 heavy (non-hydrogen) atoms. The first-order valence-corrected chi connectivity index (χ1v) is 8.37. The maximum Gasteiger partial charge on any atom is 0.258 e. The van der Waals surface area contributed by atoms with E-state index in [0.29, 0.717) is 36.5 Å². The largest absolute Gasteiger partial charge is 0.379 e. The summed E-state index contributed by atoms with van der Waals surface area (Å²) in [5, 5.41) is 2.88. The van der Waals surface area contributed by atoms with E-state index >= 15 is 0 Å². The SMILES string of the molecule is O=C(Nc1ccc(CN2CCOCC2)c(Cl)c1)c1ccc(F)c(F)c1F. The van der Waals surface area contributed by atoms with Gasteiger partial charge in [0.1, 0.15) is 0 Å². The summed E-state index contributed by atoms with van der Waals surface area (Å²) in [4.78, 5) is 14.3. The first kappa shape index (κ1) is 18.7. The summed E-state index contributed by atoms with van der Waals surface area (Å²) < 4.78 is 45.2. The molecule has 0 spiro atoms. The second kappa shape index (κ2) is 8.07. The predicted octanol–water partition coefficient (Wildman–Crippen LogP) is 3.84. The zero-order chi connectivity index (χ0) is 18.7. The van der Waals surface area contributed by atoms with Gasteiger partial charge >= 0.3 is 0 Å². The van der Waals surface area contributed by atoms with Crippen LogP contribution in [0.15, 0.2) is 30.3 Å². The number of nitrogens with one attached hydrogen (secondary N) is 1. The second-order valence-corrected chi connectivity index (χ2v) is 6.28. The Morgan fingerprint density at radius 2 is 1.85 bits per heavy atom. The van der Waals surface area contributed by atoms with Crippen molar-refractivity contribution < 1.29 is 22.7 Å². The molecule has 1 aliphatic rings. The molecule has 2 aromatic rings. The van der Waals surface area contributed by atoms with Crippen LogP contribution in [0.4, 0.5) is 18.9 Å². The lowest BCUT2D eigenvalue weighted by Crippen LogP contribution is -2.35. The van der Waals surface area contributed by atoms with Crippen LogP contribution in [-0.4, -0.2) is 37.1 Å². The van der Waals surface area contributed by atoms with E-state index in [2.05, 4.69) is 10.2 Å². The summed E-state index contributed by atoms with van der Waals surface area (Å²) in [7, 11) is 0. The molecule has 8 heteroatoms. The van der Waals surface area contributed by atoms with Crippen molar-refractivity contribution in [1.82, 2.24) is 4.90 Å². The second-order valence-electron chi connectivity index (χ2n) is 5.87. The zero-order valence-electron chi connectivity index (χ0n) is 13.7.